The first kappa shape index (κ1) is 61.7. The van der Waals surface area contributed by atoms with Gasteiger partial charge in [-0.05, 0) is 0 Å². The molecule has 448 valence electrons. The third-order valence-electron chi connectivity index (χ3n) is 14.8. The number of rotatable bonds is 7. The van der Waals surface area contributed by atoms with Gasteiger partial charge in [0.2, 0.25) is 0 Å². The molecule has 21 rings (SSSR count). The Balaban J connectivity index is 1.08. The third kappa shape index (κ3) is 12.1. The van der Waals surface area contributed by atoms with Crippen LogP contribution >= 0.6 is 0 Å². The van der Waals surface area contributed by atoms with E-state index in [0.29, 0.717) is 0 Å². The van der Waals surface area contributed by atoms with E-state index in [1.54, 1.807) is 0 Å². The Bertz CT molecular complexity index is 1470. The molecule has 21 saturated heterocycles. The Labute approximate surface area is 434 Å². The molecule has 0 aromatic heterocycles. The monoisotopic (exact) mass is 1130 g/mol. The van der Waals surface area contributed by atoms with Gasteiger partial charge in [0, 0.05) is 0 Å². The second-order valence-corrected chi connectivity index (χ2v) is 19.7. The molecule has 0 spiro atoms. The van der Waals surface area contributed by atoms with Crippen LogP contribution in [0, 0.1) is 0 Å². The van der Waals surface area contributed by atoms with Gasteiger partial charge in [0.15, 0.2) is 44.0 Å². The van der Waals surface area contributed by atoms with Crippen molar-refractivity contribution in [2.45, 2.75) is 215 Å². The minimum absolute atomic E-state index is 1.05. The molecule has 21 aliphatic heterocycles. The largest absolute Gasteiger partial charge is 0.394 e. The van der Waals surface area contributed by atoms with Crippen molar-refractivity contribution in [3.63, 3.8) is 0 Å². The Kier molecular flexibility index (Phi) is 20.8. The molecule has 0 aliphatic carbocycles. The van der Waals surface area contributed by atoms with Crippen molar-refractivity contribution in [2.75, 3.05) is 46.2 Å². The van der Waals surface area contributed by atoms with Gasteiger partial charge in [-0.1, -0.05) is 0 Å². The summed E-state index contributed by atoms with van der Waals surface area (Å²) in [5.74, 6) is 0. The first-order valence-corrected chi connectivity index (χ1v) is 24.6. The van der Waals surface area contributed by atoms with Crippen LogP contribution in [0.15, 0.2) is 0 Å². The van der Waals surface area contributed by atoms with Crippen molar-refractivity contribution in [3.8, 4) is 0 Å². The van der Waals surface area contributed by atoms with Crippen LogP contribution in [0.2, 0.25) is 0 Å². The summed E-state index contributed by atoms with van der Waals surface area (Å²) in [6, 6.07) is 0. The Morgan fingerprint density at radius 1 is 0.156 bits per heavy atom. The van der Waals surface area contributed by atoms with E-state index in [1.165, 1.54) is 0 Å². The van der Waals surface area contributed by atoms with Crippen LogP contribution in [0.25, 0.3) is 0 Å². The van der Waals surface area contributed by atoms with E-state index in [-0.39, 0.29) is 0 Å². The first-order valence-electron chi connectivity index (χ1n) is 24.6. The van der Waals surface area contributed by atoms with Crippen LogP contribution in [0.4, 0.5) is 0 Å². The number of hydrogen-bond acceptors (Lipinski definition) is 35. The highest BCUT2D eigenvalue weighted by molar-refractivity contribution is 5.01. The molecule has 21 fully saturated rings. The maximum atomic E-state index is 11.3. The zero-order chi connectivity index (χ0) is 56.1. The average Bonchev–Trinajstić information content (AvgIpc) is 3.45. The molecule has 0 saturated carbocycles. The first-order chi connectivity index (χ1) is 36.7. The van der Waals surface area contributed by atoms with Crippen molar-refractivity contribution in [2.24, 2.45) is 0 Å². The van der Waals surface area contributed by atoms with Gasteiger partial charge in [-0.15, -0.1) is 0 Å². The van der Waals surface area contributed by atoms with Gasteiger partial charge in [-0.2, -0.15) is 0 Å². The van der Waals surface area contributed by atoms with Crippen LogP contribution < -0.4 is 0 Å². The van der Waals surface area contributed by atoms with Crippen LogP contribution in [0.1, 0.15) is 0 Å². The van der Waals surface area contributed by atoms with Gasteiger partial charge < -0.3 is 174 Å². The molecule has 14 bridgehead atoms. The molecule has 35 atom stereocenters. The molecule has 0 aromatic rings. The molecule has 21 aliphatic rings. The van der Waals surface area contributed by atoms with E-state index < -0.39 is 261 Å². The van der Waals surface area contributed by atoms with Gasteiger partial charge in [0.05, 0.1) is 46.2 Å². The molecule has 21 heterocycles. The summed E-state index contributed by atoms with van der Waals surface area (Å²) in [4.78, 5) is 0. The van der Waals surface area contributed by atoms with Crippen LogP contribution in [-0.4, -0.2) is 368 Å². The van der Waals surface area contributed by atoms with Gasteiger partial charge in [-0.25, -0.2) is 0 Å². The molecule has 77 heavy (non-hydrogen) atoms. The molecule has 0 radical (unpaired) electrons. The molecule has 35 nitrogen and oxygen atoms in total. The summed E-state index contributed by atoms with van der Waals surface area (Å²) in [5.41, 5.74) is 0. The lowest BCUT2D eigenvalue weighted by molar-refractivity contribution is -0.396. The summed E-state index contributed by atoms with van der Waals surface area (Å²) in [5, 5.41) is 230. The number of aliphatic hydroxyl groups is 21. The molecule has 1 unspecified atom stereocenters. The van der Waals surface area contributed by atoms with Crippen LogP contribution in [0.5, 0.6) is 0 Å². The lowest BCUT2D eigenvalue weighted by Gasteiger charge is -2.50. The molecular formula is C42H70O35. The topological polar surface area (TPSA) is 554 Å². The predicted octanol–water partition coefficient (Wildman–Crippen LogP) is -15.2. The highest BCUT2D eigenvalue weighted by Crippen LogP contribution is 2.39. The van der Waals surface area contributed by atoms with Gasteiger partial charge >= 0.3 is 0 Å². The quantitative estimate of drug-likeness (QED) is 0.113. The summed E-state index contributed by atoms with van der Waals surface area (Å²) < 4.78 is 79.5. The minimum Gasteiger partial charge on any atom is -0.394 e. The highest BCUT2D eigenvalue weighted by Gasteiger charge is 2.59. The van der Waals surface area contributed by atoms with Crippen LogP contribution in [-0.2, 0) is 66.3 Å². The summed E-state index contributed by atoms with van der Waals surface area (Å²) in [6.45, 7) is -7.33. The zero-order valence-corrected chi connectivity index (χ0v) is 40.3. The number of hydrogen-bond donors (Lipinski definition) is 21. The lowest BCUT2D eigenvalue weighted by atomic mass is 9.95. The Morgan fingerprint density at radius 2 is 0.260 bits per heavy atom. The Morgan fingerprint density at radius 3 is 0.351 bits per heavy atom. The van der Waals surface area contributed by atoms with Crippen LogP contribution in [0.3, 0.4) is 0 Å². The maximum absolute atomic E-state index is 11.3. The standard InChI is InChI=1S/C42H70O35/c43-1-8-29-15(50)22(57)36(64-8)72-30-9(2-44)66-38(24(59)17(30)52)74-32-11(4-46)68-40(26(61)19(32)54)76-34-13(6-48)70-42(28(63)21(34)56)77-35-14(7-49)69-41(27(62)20(35)55)75-33-12(5-47)67-39(25(60)18(33)53)73-31-10(3-45)65-37(71-29)23(58)16(31)51/h8-63H,1-7H2/t8-,9-,10-,11-,12-,13-,14-,15-,16-,17-,18-,19-,20-,21?,22-,23-,24-,25-,26-,27-,28-,29-,30-,31-,32-,33-,34-,35-,36-,37-,38-,39-,40-,41-,42-/m1/s1. The van der Waals surface area contributed by atoms with E-state index in [1.807, 2.05) is 0 Å². The van der Waals surface area contributed by atoms with Crippen molar-refractivity contribution >= 4 is 0 Å². The minimum atomic E-state index is -2.21. The fourth-order valence-electron chi connectivity index (χ4n) is 10.4. The lowest BCUT2D eigenvalue weighted by Crippen LogP contribution is -2.68. The molecule has 0 amide bonds. The molecule has 0 aromatic carbocycles. The van der Waals surface area contributed by atoms with E-state index in [2.05, 4.69) is 0 Å². The van der Waals surface area contributed by atoms with Crippen molar-refractivity contribution in [1.82, 2.24) is 0 Å². The summed E-state index contributed by atoms with van der Waals surface area (Å²) >= 11 is 0. The molecule has 35 heteroatoms. The van der Waals surface area contributed by atoms with Crippen molar-refractivity contribution in [3.05, 3.63) is 0 Å². The van der Waals surface area contributed by atoms with Crippen molar-refractivity contribution < 1.29 is 174 Å². The second-order valence-electron chi connectivity index (χ2n) is 19.7. The SMILES string of the molecule is OC[C@H]1O[C@@H]2O[C@H]3C(O)[C@@H](O)[C@@H](O[C@H]4[C@H](O)[C@@H](O)[C@@H](O[C@H]5[C@H](O)[C@@H](O)[C@@H](O[C@H]6[C@H](O)[C@@H](O)[C@@H](O[C@H]7[C@H](O)[C@@H](O)[C@@H](O[C@H]8[C@H](O)[C@@H](O)[C@@H](O[C@H]1[C@H](O)[C@H]2O)O[C@@H]8CO)O[C@@H]7CO)O[C@@H]6CO)O[C@@H]5CO)O[C@@H]4CO)O[C@@H]3CO. The average molecular weight is 1130 g/mol. The van der Waals surface area contributed by atoms with E-state index in [9.17, 15) is 107 Å². The third-order valence-corrected chi connectivity index (χ3v) is 14.8. The second kappa shape index (κ2) is 26.0. The smallest absolute Gasteiger partial charge is 0.187 e. The van der Waals surface area contributed by atoms with E-state index in [0.717, 1.165) is 0 Å². The fourth-order valence-corrected chi connectivity index (χ4v) is 10.4. The van der Waals surface area contributed by atoms with E-state index >= 15 is 0 Å². The van der Waals surface area contributed by atoms with Gasteiger partial charge in [0.25, 0.3) is 0 Å². The number of aliphatic hydroxyl groups excluding tert-OH is 21. The highest BCUT2D eigenvalue weighted by atomic mass is 16.8. The van der Waals surface area contributed by atoms with Crippen molar-refractivity contribution in [1.29, 1.82) is 0 Å². The maximum Gasteiger partial charge on any atom is 0.187 e. The fraction of sp³-hybridized carbons (Fsp3) is 1.00. The zero-order valence-electron chi connectivity index (χ0n) is 40.3. The predicted molar refractivity (Wildman–Crippen MR) is 228 cm³/mol. The molecule has 21 N–H and O–H groups in total. The van der Waals surface area contributed by atoms with Gasteiger partial charge in [0.1, 0.15) is 171 Å². The summed E-state index contributed by atoms with van der Waals surface area (Å²) in [6.07, 6.45) is -70.2. The number of ether oxygens (including phenoxy) is 14. The molecular weight excluding hydrogens is 1060 g/mol. The normalized spacial score (nSPS) is 55.4. The van der Waals surface area contributed by atoms with E-state index in [4.69, 9.17) is 66.3 Å². The van der Waals surface area contributed by atoms with Gasteiger partial charge in [-0.3, -0.25) is 0 Å². The Hall–Kier alpha value is -1.40. The summed E-state index contributed by atoms with van der Waals surface area (Å²) in [7, 11) is 0.